The van der Waals surface area contributed by atoms with E-state index in [1.54, 1.807) is 20.8 Å². The van der Waals surface area contributed by atoms with Crippen molar-refractivity contribution in [3.63, 3.8) is 0 Å². The van der Waals surface area contributed by atoms with Crippen LogP contribution in [-0.2, 0) is 19.1 Å². The second-order valence-electron chi connectivity index (χ2n) is 6.43. The summed E-state index contributed by atoms with van der Waals surface area (Å²) < 4.78 is 9.91. The molecule has 1 heterocycles. The molecule has 2 atom stereocenters. The van der Waals surface area contributed by atoms with Gasteiger partial charge in [-0.2, -0.15) is 0 Å². The molecule has 2 amide bonds. The van der Waals surface area contributed by atoms with Crippen molar-refractivity contribution in [3.05, 3.63) is 0 Å². The summed E-state index contributed by atoms with van der Waals surface area (Å²) in [5, 5.41) is 5.24. The van der Waals surface area contributed by atoms with Crippen LogP contribution in [-0.4, -0.2) is 42.8 Å². The molecule has 0 aromatic carbocycles. The van der Waals surface area contributed by atoms with Gasteiger partial charge >= 0.3 is 12.1 Å². The number of carbonyl (C=O) groups is 3. The number of nitrogens with one attached hydrogen (secondary N) is 2. The Bertz CT molecular complexity index is 430. The van der Waals surface area contributed by atoms with Crippen molar-refractivity contribution in [3.8, 4) is 0 Å². The van der Waals surface area contributed by atoms with E-state index >= 15 is 0 Å². The molecule has 1 fully saturated rings. The van der Waals surface area contributed by atoms with Gasteiger partial charge in [-0.05, 0) is 40.5 Å². The van der Waals surface area contributed by atoms with E-state index in [0.717, 1.165) is 0 Å². The van der Waals surface area contributed by atoms with Crippen LogP contribution in [0.5, 0.6) is 0 Å². The third kappa shape index (κ3) is 4.91. The van der Waals surface area contributed by atoms with Crippen LogP contribution >= 0.6 is 0 Å². The van der Waals surface area contributed by atoms with Gasteiger partial charge in [-0.25, -0.2) is 9.59 Å². The molecule has 1 aliphatic heterocycles. The third-order valence-electron chi connectivity index (χ3n) is 3.23. The van der Waals surface area contributed by atoms with E-state index in [9.17, 15) is 14.4 Å². The minimum atomic E-state index is -1.30. The van der Waals surface area contributed by atoms with E-state index in [1.165, 1.54) is 14.0 Å². The summed E-state index contributed by atoms with van der Waals surface area (Å²) in [7, 11) is 1.24. The molecule has 1 aliphatic rings. The zero-order chi connectivity index (χ0) is 16.3. The average molecular weight is 300 g/mol. The molecule has 0 spiro atoms. The Balaban J connectivity index is 2.81. The van der Waals surface area contributed by atoms with Crippen LogP contribution in [0, 0.1) is 5.92 Å². The number of ether oxygens (including phenoxy) is 2. The maximum Gasteiger partial charge on any atom is 0.408 e. The fourth-order valence-corrected chi connectivity index (χ4v) is 2.27. The number of hydrogen-bond acceptors (Lipinski definition) is 5. The monoisotopic (exact) mass is 300 g/mol. The largest absolute Gasteiger partial charge is 0.467 e. The molecular formula is C14H24N2O5. The van der Waals surface area contributed by atoms with E-state index in [2.05, 4.69) is 10.6 Å². The summed E-state index contributed by atoms with van der Waals surface area (Å²) >= 11 is 0. The lowest BCUT2D eigenvalue weighted by Crippen LogP contribution is -2.55. The zero-order valence-electron chi connectivity index (χ0n) is 13.2. The van der Waals surface area contributed by atoms with Gasteiger partial charge in [0, 0.05) is 12.5 Å². The Morgan fingerprint density at radius 1 is 1.33 bits per heavy atom. The molecule has 0 bridgehead atoms. The minimum Gasteiger partial charge on any atom is -0.467 e. The Hall–Kier alpha value is -1.79. The molecular weight excluding hydrogens is 276 g/mol. The van der Waals surface area contributed by atoms with E-state index in [1.807, 2.05) is 0 Å². The van der Waals surface area contributed by atoms with Crippen molar-refractivity contribution in [2.75, 3.05) is 13.7 Å². The fourth-order valence-electron chi connectivity index (χ4n) is 2.27. The van der Waals surface area contributed by atoms with Crippen LogP contribution in [0.4, 0.5) is 4.79 Å². The van der Waals surface area contributed by atoms with E-state index in [-0.39, 0.29) is 18.2 Å². The van der Waals surface area contributed by atoms with Crippen LogP contribution in [0.15, 0.2) is 0 Å². The molecule has 120 valence electrons. The van der Waals surface area contributed by atoms with Gasteiger partial charge in [-0.15, -0.1) is 0 Å². The standard InChI is InChI=1S/C14H24N2O5/c1-13(2,3)21-12(19)16-14(4,11(18)20-5)8-9-6-7-15-10(9)17/h9H,6-8H2,1-5H3,(H,15,17)(H,16,19)/t9-,14-/m0/s1. The zero-order valence-corrected chi connectivity index (χ0v) is 13.2. The summed E-state index contributed by atoms with van der Waals surface area (Å²) in [6, 6.07) is 0. The first kappa shape index (κ1) is 17.3. The van der Waals surface area contributed by atoms with Gasteiger partial charge in [-0.1, -0.05) is 0 Å². The maximum atomic E-state index is 12.0. The third-order valence-corrected chi connectivity index (χ3v) is 3.23. The van der Waals surface area contributed by atoms with Gasteiger partial charge in [-0.3, -0.25) is 4.79 Å². The number of amides is 2. The minimum absolute atomic E-state index is 0.115. The predicted octanol–water partition coefficient (Wildman–Crippen LogP) is 0.969. The van der Waals surface area contributed by atoms with Gasteiger partial charge in [0.1, 0.15) is 11.1 Å². The summed E-state index contributed by atoms with van der Waals surface area (Å²) in [5.74, 6) is -1.05. The summed E-state index contributed by atoms with van der Waals surface area (Å²) in [4.78, 5) is 35.6. The first-order valence-corrected chi connectivity index (χ1v) is 6.95. The average Bonchev–Trinajstić information content (AvgIpc) is 2.71. The highest BCUT2D eigenvalue weighted by molar-refractivity contribution is 5.87. The second kappa shape index (κ2) is 6.32. The lowest BCUT2D eigenvalue weighted by Gasteiger charge is -2.31. The SMILES string of the molecule is COC(=O)[C@](C)(C[C@@H]1CCNC1=O)NC(=O)OC(C)(C)C. The maximum absolute atomic E-state index is 12.0. The molecule has 21 heavy (non-hydrogen) atoms. The lowest BCUT2D eigenvalue weighted by atomic mass is 9.88. The summed E-state index contributed by atoms with van der Waals surface area (Å²) in [6.07, 6.45) is 0.0837. The van der Waals surface area contributed by atoms with Crippen molar-refractivity contribution in [2.45, 2.75) is 51.7 Å². The predicted molar refractivity (Wildman–Crippen MR) is 75.5 cm³/mol. The van der Waals surface area contributed by atoms with E-state index in [4.69, 9.17) is 9.47 Å². The Morgan fingerprint density at radius 3 is 2.38 bits per heavy atom. The Labute approximate surface area is 124 Å². The van der Waals surface area contributed by atoms with Gasteiger partial charge in [0.25, 0.3) is 0 Å². The number of carbonyl (C=O) groups excluding carboxylic acids is 3. The van der Waals surface area contributed by atoms with E-state index < -0.39 is 23.2 Å². The smallest absolute Gasteiger partial charge is 0.408 e. The van der Waals surface area contributed by atoms with Crippen molar-refractivity contribution < 1.29 is 23.9 Å². The topological polar surface area (TPSA) is 93.7 Å². The van der Waals surface area contributed by atoms with Crippen LogP contribution < -0.4 is 10.6 Å². The fraction of sp³-hybridized carbons (Fsp3) is 0.786. The molecule has 2 N–H and O–H groups in total. The first-order valence-electron chi connectivity index (χ1n) is 6.95. The summed E-state index contributed by atoms with van der Waals surface area (Å²) in [5.41, 5.74) is -1.98. The number of esters is 1. The van der Waals surface area contributed by atoms with E-state index in [0.29, 0.717) is 13.0 Å². The quantitative estimate of drug-likeness (QED) is 0.755. The van der Waals surface area contributed by atoms with Gasteiger partial charge in [0.05, 0.1) is 7.11 Å². The molecule has 0 saturated carbocycles. The molecule has 0 unspecified atom stereocenters. The highest BCUT2D eigenvalue weighted by atomic mass is 16.6. The molecule has 0 aromatic rings. The highest BCUT2D eigenvalue weighted by Gasteiger charge is 2.42. The number of alkyl carbamates (subject to hydrolysis) is 1. The molecule has 7 heteroatoms. The number of methoxy groups -OCH3 is 1. The molecule has 1 rings (SSSR count). The molecule has 0 aliphatic carbocycles. The van der Waals surface area contributed by atoms with Crippen LogP contribution in [0.3, 0.4) is 0 Å². The van der Waals surface area contributed by atoms with Crippen LogP contribution in [0.1, 0.15) is 40.5 Å². The second-order valence-corrected chi connectivity index (χ2v) is 6.43. The van der Waals surface area contributed by atoms with Crippen molar-refractivity contribution in [2.24, 2.45) is 5.92 Å². The molecule has 0 aromatic heterocycles. The van der Waals surface area contributed by atoms with Crippen LogP contribution in [0.2, 0.25) is 0 Å². The van der Waals surface area contributed by atoms with Crippen LogP contribution in [0.25, 0.3) is 0 Å². The highest BCUT2D eigenvalue weighted by Crippen LogP contribution is 2.24. The van der Waals surface area contributed by atoms with Gasteiger partial charge in [0.2, 0.25) is 5.91 Å². The molecule has 0 radical (unpaired) electrons. The van der Waals surface area contributed by atoms with Gasteiger partial charge in [0.15, 0.2) is 0 Å². The summed E-state index contributed by atoms with van der Waals surface area (Å²) in [6.45, 7) is 7.30. The van der Waals surface area contributed by atoms with Crippen molar-refractivity contribution in [1.29, 1.82) is 0 Å². The molecule has 1 saturated heterocycles. The normalized spacial score (nSPS) is 21.2. The first-order chi connectivity index (χ1) is 9.57. The van der Waals surface area contributed by atoms with Crippen molar-refractivity contribution in [1.82, 2.24) is 10.6 Å². The number of hydrogen-bond donors (Lipinski definition) is 2. The Morgan fingerprint density at radius 2 is 1.95 bits per heavy atom. The van der Waals surface area contributed by atoms with Crippen molar-refractivity contribution >= 4 is 18.0 Å². The lowest BCUT2D eigenvalue weighted by molar-refractivity contribution is -0.148. The van der Waals surface area contributed by atoms with Gasteiger partial charge < -0.3 is 20.1 Å². The molecule has 7 nitrogen and oxygen atoms in total. The Kier molecular flexibility index (Phi) is 5.20. The number of rotatable bonds is 4.